The van der Waals surface area contributed by atoms with Crippen LogP contribution in [0.3, 0.4) is 0 Å². The first-order valence-corrected chi connectivity index (χ1v) is 20.6. The van der Waals surface area contributed by atoms with E-state index < -0.39 is 0 Å². The molecule has 3 N–H and O–H groups in total. The lowest BCUT2D eigenvalue weighted by Crippen LogP contribution is -2.14. The molecule has 0 amide bonds. The van der Waals surface area contributed by atoms with Crippen molar-refractivity contribution in [2.45, 2.75) is 38.5 Å². The normalized spacial score (nSPS) is 13.3. The van der Waals surface area contributed by atoms with E-state index in [1.165, 1.54) is 43.4 Å². The van der Waals surface area contributed by atoms with Crippen molar-refractivity contribution in [2.24, 2.45) is 0 Å². The van der Waals surface area contributed by atoms with Crippen molar-refractivity contribution in [3.8, 4) is 44.5 Å². The third-order valence-corrected chi connectivity index (χ3v) is 12.3. The minimum absolute atomic E-state index is 0.0753. The highest BCUT2D eigenvalue weighted by atomic mass is 79.9. The van der Waals surface area contributed by atoms with Gasteiger partial charge in [0.25, 0.3) is 0 Å². The van der Waals surface area contributed by atoms with E-state index in [9.17, 15) is 4.39 Å². The summed E-state index contributed by atoms with van der Waals surface area (Å²) in [5, 5.41) is 3.39. The maximum atomic E-state index is 15.4. The molecule has 2 aliphatic carbocycles. The van der Waals surface area contributed by atoms with E-state index in [2.05, 4.69) is 122 Å². The first-order chi connectivity index (χ1) is 28.5. The molecule has 8 aromatic carbocycles. The zero-order chi connectivity index (χ0) is 41.3. The van der Waals surface area contributed by atoms with Crippen LogP contribution in [-0.4, -0.2) is 0 Å². The SMILES string of the molecule is CC1(C)c2ccccc2-c2c(Br)cccc21.CC1(C)c2ccccc2-c2c(Nc3cccc(-c4ccccc4)c3F)cccc21.Nc1cccc(-c2ccccc2)c1F. The fourth-order valence-corrected chi connectivity index (χ4v) is 9.15. The van der Waals surface area contributed by atoms with Crippen LogP contribution in [0.2, 0.25) is 0 Å². The second kappa shape index (κ2) is 16.2. The highest BCUT2D eigenvalue weighted by Crippen LogP contribution is 2.52. The van der Waals surface area contributed by atoms with Gasteiger partial charge in [0.1, 0.15) is 0 Å². The van der Waals surface area contributed by atoms with Crippen molar-refractivity contribution >= 4 is 33.0 Å². The summed E-state index contributed by atoms with van der Waals surface area (Å²) in [6.45, 7) is 9.09. The zero-order valence-electron chi connectivity index (χ0n) is 33.5. The molecule has 292 valence electrons. The Balaban J connectivity index is 0.000000136. The molecule has 0 saturated carbocycles. The Morgan fingerprint density at radius 1 is 0.407 bits per heavy atom. The molecule has 0 aromatic heterocycles. The minimum atomic E-state index is -0.348. The predicted molar refractivity (Wildman–Crippen MR) is 247 cm³/mol. The number of hydrogen-bond donors (Lipinski definition) is 2. The van der Waals surface area contributed by atoms with Gasteiger partial charge in [-0.1, -0.05) is 201 Å². The molecular formula is C54H45BrF2N2. The van der Waals surface area contributed by atoms with Gasteiger partial charge in [-0.2, -0.15) is 0 Å². The third-order valence-electron chi connectivity index (χ3n) is 11.6. The van der Waals surface area contributed by atoms with Crippen LogP contribution in [0.4, 0.5) is 25.8 Å². The van der Waals surface area contributed by atoms with Gasteiger partial charge in [-0.25, -0.2) is 8.78 Å². The van der Waals surface area contributed by atoms with Crippen LogP contribution in [0.15, 0.2) is 186 Å². The summed E-state index contributed by atoms with van der Waals surface area (Å²) in [7, 11) is 0. The molecular weight excluding hydrogens is 795 g/mol. The monoisotopic (exact) mass is 838 g/mol. The van der Waals surface area contributed by atoms with Crippen molar-refractivity contribution < 1.29 is 8.78 Å². The fourth-order valence-electron chi connectivity index (χ4n) is 8.57. The largest absolute Gasteiger partial charge is 0.396 e. The van der Waals surface area contributed by atoms with Crippen molar-refractivity contribution in [1.82, 2.24) is 0 Å². The first-order valence-electron chi connectivity index (χ1n) is 19.8. The highest BCUT2D eigenvalue weighted by Gasteiger charge is 2.37. The summed E-state index contributed by atoms with van der Waals surface area (Å²) in [6, 6.07) is 59.5. The number of anilines is 3. The lowest BCUT2D eigenvalue weighted by Gasteiger charge is -2.21. The summed E-state index contributed by atoms with van der Waals surface area (Å²) in [5.41, 5.74) is 20.5. The van der Waals surface area contributed by atoms with Gasteiger partial charge in [0.15, 0.2) is 11.6 Å². The molecule has 0 aliphatic heterocycles. The van der Waals surface area contributed by atoms with Crippen molar-refractivity contribution in [3.63, 3.8) is 0 Å². The van der Waals surface area contributed by atoms with Gasteiger partial charge in [-0.3, -0.25) is 0 Å². The maximum absolute atomic E-state index is 15.4. The average molecular weight is 840 g/mol. The van der Waals surface area contributed by atoms with Crippen LogP contribution in [0.25, 0.3) is 44.5 Å². The van der Waals surface area contributed by atoms with Gasteiger partial charge >= 0.3 is 0 Å². The molecule has 5 heteroatoms. The van der Waals surface area contributed by atoms with E-state index in [4.69, 9.17) is 5.73 Å². The quantitative estimate of drug-likeness (QED) is 0.173. The minimum Gasteiger partial charge on any atom is -0.396 e. The van der Waals surface area contributed by atoms with Crippen LogP contribution in [0.1, 0.15) is 49.9 Å². The summed E-state index contributed by atoms with van der Waals surface area (Å²) in [4.78, 5) is 0. The van der Waals surface area contributed by atoms with Gasteiger partial charge < -0.3 is 11.1 Å². The highest BCUT2D eigenvalue weighted by molar-refractivity contribution is 9.10. The predicted octanol–water partition coefficient (Wildman–Crippen LogP) is 15.4. The Morgan fingerprint density at radius 3 is 1.41 bits per heavy atom. The van der Waals surface area contributed by atoms with Crippen LogP contribution in [0, 0.1) is 11.6 Å². The summed E-state index contributed by atoms with van der Waals surface area (Å²) in [5.74, 6) is -0.583. The molecule has 0 fully saturated rings. The molecule has 0 spiro atoms. The number of halogens is 3. The number of rotatable bonds is 4. The molecule has 0 atom stereocenters. The number of fused-ring (bicyclic) bond motifs is 6. The molecule has 0 radical (unpaired) electrons. The molecule has 59 heavy (non-hydrogen) atoms. The molecule has 2 nitrogen and oxygen atoms in total. The third kappa shape index (κ3) is 7.36. The van der Waals surface area contributed by atoms with Gasteiger partial charge in [0.05, 0.1) is 11.4 Å². The Kier molecular flexibility index (Phi) is 10.8. The molecule has 8 aromatic rings. The lowest BCUT2D eigenvalue weighted by molar-refractivity contribution is 0.635. The Morgan fingerprint density at radius 2 is 0.814 bits per heavy atom. The van der Waals surface area contributed by atoms with E-state index in [0.29, 0.717) is 16.8 Å². The summed E-state index contributed by atoms with van der Waals surface area (Å²) in [6.07, 6.45) is 0. The number of nitrogen functional groups attached to an aromatic ring is 1. The van der Waals surface area contributed by atoms with Gasteiger partial charge in [0.2, 0.25) is 0 Å². The number of nitrogens with one attached hydrogen (secondary N) is 1. The second-order valence-corrected chi connectivity index (χ2v) is 16.8. The second-order valence-electron chi connectivity index (χ2n) is 16.0. The van der Waals surface area contributed by atoms with Crippen molar-refractivity contribution in [3.05, 3.63) is 220 Å². The van der Waals surface area contributed by atoms with E-state index in [1.807, 2.05) is 84.9 Å². The smallest absolute Gasteiger partial charge is 0.154 e. The van der Waals surface area contributed by atoms with Crippen LogP contribution >= 0.6 is 15.9 Å². The Labute approximate surface area is 354 Å². The van der Waals surface area contributed by atoms with Gasteiger partial charge in [-0.15, -0.1) is 0 Å². The van der Waals surface area contributed by atoms with Crippen LogP contribution in [-0.2, 0) is 10.8 Å². The molecule has 0 heterocycles. The Hall–Kier alpha value is -6.30. The van der Waals surface area contributed by atoms with Crippen LogP contribution in [0.5, 0.6) is 0 Å². The van der Waals surface area contributed by atoms with Crippen molar-refractivity contribution in [1.29, 1.82) is 0 Å². The summed E-state index contributed by atoms with van der Waals surface area (Å²) >= 11 is 3.67. The van der Waals surface area contributed by atoms with Crippen molar-refractivity contribution in [2.75, 3.05) is 11.1 Å². The van der Waals surface area contributed by atoms with E-state index in [1.54, 1.807) is 24.3 Å². The summed E-state index contributed by atoms with van der Waals surface area (Å²) < 4.78 is 30.1. The lowest BCUT2D eigenvalue weighted by atomic mass is 9.82. The Bertz CT molecular complexity index is 2790. The molecule has 0 saturated heterocycles. The van der Waals surface area contributed by atoms with Crippen LogP contribution < -0.4 is 11.1 Å². The molecule has 2 aliphatic rings. The molecule has 10 rings (SSSR count). The van der Waals surface area contributed by atoms with Gasteiger partial charge in [0, 0.05) is 43.2 Å². The first kappa shape index (κ1) is 39.5. The molecule has 0 unspecified atom stereocenters. The standard InChI is InChI=1S/C27H22FN.C15H13Br.C12H10FN/c1-27(2)21-14-7-6-12-20(21)25-22(27)15-9-16-23(25)29-24-17-8-13-19(26(24)28)18-10-4-3-5-11-18;1-15(2)11-7-4-3-6-10(11)14-12(15)8-5-9-13(14)16;13-12-10(7-4-8-11(12)14)9-5-2-1-3-6-9/h3-17,29H,1-2H3;3-9H,1-2H3;1-8H,14H2. The topological polar surface area (TPSA) is 38.0 Å². The van der Waals surface area contributed by atoms with E-state index >= 15 is 4.39 Å². The number of hydrogen-bond acceptors (Lipinski definition) is 2. The fraction of sp³-hybridized carbons (Fsp3) is 0.111. The van der Waals surface area contributed by atoms with Gasteiger partial charge in [-0.05, 0) is 68.8 Å². The number of benzene rings is 8. The molecule has 0 bridgehead atoms. The number of nitrogens with two attached hydrogens (primary N) is 1. The zero-order valence-corrected chi connectivity index (χ0v) is 35.1. The maximum Gasteiger partial charge on any atom is 0.154 e. The van der Waals surface area contributed by atoms with E-state index in [-0.39, 0.29) is 28.2 Å². The van der Waals surface area contributed by atoms with E-state index in [0.717, 1.165) is 22.4 Å². The average Bonchev–Trinajstić information content (AvgIpc) is 3.64.